The minimum absolute atomic E-state index is 0.277. The van der Waals surface area contributed by atoms with Crippen molar-refractivity contribution >= 4 is 50.3 Å². The topological polar surface area (TPSA) is 115 Å². The molecule has 1 N–H and O–H groups in total. The molecule has 5 heterocycles. The monoisotopic (exact) mass is 525 g/mol. The Morgan fingerprint density at radius 3 is 2.64 bits per heavy atom. The molecular formula is C24H24ClN7O3S. The van der Waals surface area contributed by atoms with Crippen molar-refractivity contribution in [3.8, 4) is 16.9 Å². The number of piperidine rings is 1. The first-order valence-electron chi connectivity index (χ1n) is 11.3. The Morgan fingerprint density at radius 2 is 1.89 bits per heavy atom. The molecular weight excluding hydrogens is 502 g/mol. The Morgan fingerprint density at radius 1 is 1.08 bits per heavy atom. The molecule has 1 aliphatic heterocycles. The number of amides is 1. The summed E-state index contributed by atoms with van der Waals surface area (Å²) in [6.07, 6.45) is 6.89. The van der Waals surface area contributed by atoms with Crippen molar-refractivity contribution < 1.29 is 14.3 Å². The molecule has 1 aliphatic rings. The van der Waals surface area contributed by atoms with Gasteiger partial charge in [-0.2, -0.15) is 4.98 Å². The Balaban J connectivity index is 1.41. The lowest BCUT2D eigenvalue weighted by molar-refractivity contribution is 0.0816. The van der Waals surface area contributed by atoms with E-state index in [4.69, 9.17) is 21.1 Å². The summed E-state index contributed by atoms with van der Waals surface area (Å²) in [5.74, 6) is 0.794. The van der Waals surface area contributed by atoms with Gasteiger partial charge in [-0.25, -0.2) is 15.0 Å². The number of pyridine rings is 2. The van der Waals surface area contributed by atoms with Gasteiger partial charge in [-0.3, -0.25) is 15.1 Å². The molecule has 5 rings (SSSR count). The number of aryl methyl sites for hydroxylation is 1. The second-order valence-electron chi connectivity index (χ2n) is 8.33. The number of hydrogen-bond donors (Lipinski definition) is 1. The van der Waals surface area contributed by atoms with Crippen LogP contribution in [0.2, 0.25) is 5.15 Å². The molecule has 12 heteroatoms. The summed E-state index contributed by atoms with van der Waals surface area (Å²) in [6.45, 7) is 3.51. The largest absolute Gasteiger partial charge is 0.494 e. The molecule has 36 heavy (non-hydrogen) atoms. The Hall–Kier alpha value is -3.41. The number of nitrogens with one attached hydrogen (secondary N) is 1. The summed E-state index contributed by atoms with van der Waals surface area (Å²) in [7, 11) is 3.28. The fraction of sp³-hybridized carbons (Fsp3) is 0.333. The van der Waals surface area contributed by atoms with E-state index in [1.54, 1.807) is 26.5 Å². The highest BCUT2D eigenvalue weighted by molar-refractivity contribution is 7.22. The third-order valence-electron chi connectivity index (χ3n) is 6.05. The van der Waals surface area contributed by atoms with Crippen LogP contribution in [-0.4, -0.2) is 64.2 Å². The van der Waals surface area contributed by atoms with Gasteiger partial charge < -0.3 is 14.4 Å². The number of hydrogen-bond acceptors (Lipinski definition) is 10. The van der Waals surface area contributed by atoms with Crippen molar-refractivity contribution in [2.24, 2.45) is 0 Å². The van der Waals surface area contributed by atoms with Crippen molar-refractivity contribution in [3.05, 3.63) is 47.1 Å². The van der Waals surface area contributed by atoms with Gasteiger partial charge >= 0.3 is 0 Å². The van der Waals surface area contributed by atoms with Crippen molar-refractivity contribution in [2.45, 2.75) is 25.9 Å². The van der Waals surface area contributed by atoms with Gasteiger partial charge in [0.15, 0.2) is 9.96 Å². The van der Waals surface area contributed by atoms with Crippen LogP contribution in [0.1, 0.15) is 28.9 Å². The van der Waals surface area contributed by atoms with Crippen LogP contribution in [0.5, 0.6) is 5.75 Å². The highest BCUT2D eigenvalue weighted by atomic mass is 35.5. The van der Waals surface area contributed by atoms with Crippen molar-refractivity contribution in [1.82, 2.24) is 24.9 Å². The molecule has 0 atom stereocenters. The molecule has 0 saturated carbocycles. The van der Waals surface area contributed by atoms with Crippen LogP contribution in [-0.2, 0) is 4.74 Å². The normalized spacial score (nSPS) is 14.3. The molecule has 0 spiro atoms. The van der Waals surface area contributed by atoms with E-state index >= 15 is 0 Å². The molecule has 1 saturated heterocycles. The van der Waals surface area contributed by atoms with Crippen LogP contribution >= 0.6 is 22.9 Å². The van der Waals surface area contributed by atoms with Gasteiger partial charge in [0.25, 0.3) is 5.91 Å². The van der Waals surface area contributed by atoms with Gasteiger partial charge in [0.2, 0.25) is 5.95 Å². The highest BCUT2D eigenvalue weighted by Gasteiger charge is 2.22. The number of fused-ring (bicyclic) bond motifs is 1. The number of nitrogens with zero attached hydrogens (tertiary/aromatic N) is 6. The zero-order chi connectivity index (χ0) is 25.2. The Labute approximate surface area is 216 Å². The van der Waals surface area contributed by atoms with Crippen LogP contribution in [0.25, 0.3) is 21.5 Å². The minimum Gasteiger partial charge on any atom is -0.494 e. The van der Waals surface area contributed by atoms with Crippen molar-refractivity contribution in [3.63, 3.8) is 0 Å². The number of ether oxygens (including phenoxy) is 2. The number of carbonyl (C=O) groups is 1. The molecule has 1 amide bonds. The summed E-state index contributed by atoms with van der Waals surface area (Å²) >= 11 is 7.44. The maximum Gasteiger partial charge on any atom is 0.259 e. The molecule has 186 valence electrons. The zero-order valence-corrected chi connectivity index (χ0v) is 21.6. The lowest BCUT2D eigenvalue weighted by Crippen LogP contribution is -2.37. The first kappa shape index (κ1) is 24.3. The number of methoxy groups -OCH3 is 2. The predicted molar refractivity (Wildman–Crippen MR) is 139 cm³/mol. The van der Waals surface area contributed by atoms with Crippen LogP contribution < -0.4 is 15.0 Å². The average molecular weight is 526 g/mol. The fourth-order valence-corrected chi connectivity index (χ4v) is 5.10. The molecule has 0 radical (unpaired) electrons. The maximum absolute atomic E-state index is 13.3. The number of rotatable bonds is 6. The lowest BCUT2D eigenvalue weighted by atomic mass is 10.0. The van der Waals surface area contributed by atoms with Gasteiger partial charge in [0, 0.05) is 43.2 Å². The quantitative estimate of drug-likeness (QED) is 0.366. The highest BCUT2D eigenvalue weighted by Crippen LogP contribution is 2.34. The number of anilines is 2. The molecule has 1 fully saturated rings. The summed E-state index contributed by atoms with van der Waals surface area (Å²) < 4.78 is 10.9. The number of halogens is 1. The van der Waals surface area contributed by atoms with E-state index in [1.165, 1.54) is 23.7 Å². The summed E-state index contributed by atoms with van der Waals surface area (Å²) in [6, 6.07) is 3.47. The summed E-state index contributed by atoms with van der Waals surface area (Å²) in [5.41, 5.74) is 2.99. The van der Waals surface area contributed by atoms with Crippen LogP contribution in [0.3, 0.4) is 0 Å². The second kappa shape index (κ2) is 10.3. The summed E-state index contributed by atoms with van der Waals surface area (Å²) in [5, 5.41) is 3.60. The first-order valence-corrected chi connectivity index (χ1v) is 12.5. The maximum atomic E-state index is 13.3. The van der Waals surface area contributed by atoms with E-state index in [2.05, 4.69) is 35.1 Å². The Bertz CT molecular complexity index is 1420. The summed E-state index contributed by atoms with van der Waals surface area (Å²) in [4.78, 5) is 38.2. The zero-order valence-electron chi connectivity index (χ0n) is 20.0. The first-order chi connectivity index (χ1) is 17.4. The predicted octanol–water partition coefficient (Wildman–Crippen LogP) is 4.38. The van der Waals surface area contributed by atoms with E-state index in [0.29, 0.717) is 49.0 Å². The van der Waals surface area contributed by atoms with Crippen LogP contribution in [0.4, 0.5) is 11.1 Å². The van der Waals surface area contributed by atoms with E-state index in [-0.39, 0.29) is 12.0 Å². The number of carbonyl (C=O) groups excluding carboxylic acids is 1. The minimum atomic E-state index is -0.360. The van der Waals surface area contributed by atoms with E-state index < -0.39 is 0 Å². The molecule has 0 aliphatic carbocycles. The lowest BCUT2D eigenvalue weighted by Gasteiger charge is -2.31. The van der Waals surface area contributed by atoms with E-state index in [1.807, 2.05) is 13.0 Å². The average Bonchev–Trinajstić information content (AvgIpc) is 3.30. The van der Waals surface area contributed by atoms with Gasteiger partial charge in [-0.05, 0) is 31.9 Å². The number of thiazole rings is 1. The third kappa shape index (κ3) is 4.95. The molecule has 0 bridgehead atoms. The van der Waals surface area contributed by atoms with Crippen molar-refractivity contribution in [2.75, 3.05) is 37.5 Å². The molecule has 0 aromatic carbocycles. The van der Waals surface area contributed by atoms with E-state index in [0.717, 1.165) is 31.6 Å². The third-order valence-corrected chi connectivity index (χ3v) is 7.13. The molecule has 4 aromatic heterocycles. The van der Waals surface area contributed by atoms with Crippen LogP contribution in [0.15, 0.2) is 30.7 Å². The SMILES string of the molecule is COc1cnc(Cl)cc1-c1cc(C)ncc1C(=O)Nc1nc2cnc(N3CCC(OC)CC3)nc2s1. The fourth-order valence-electron chi connectivity index (χ4n) is 4.14. The van der Waals surface area contributed by atoms with Crippen LogP contribution in [0, 0.1) is 6.92 Å². The molecule has 4 aromatic rings. The van der Waals surface area contributed by atoms with E-state index in [9.17, 15) is 4.79 Å². The number of aromatic nitrogens is 5. The van der Waals surface area contributed by atoms with Crippen molar-refractivity contribution in [1.29, 1.82) is 0 Å². The van der Waals surface area contributed by atoms with Gasteiger partial charge in [-0.15, -0.1) is 0 Å². The standard InChI is InChI=1S/C24H24ClN7O3S/c1-13-8-15(16-9-20(25)27-12-19(16)35-3)17(10-26-13)21(33)30-24-29-18-11-28-23(31-22(18)36-24)32-6-4-14(34-2)5-7-32/h8-12,14H,4-7H2,1-3H3,(H,29,30,33). The second-order valence-corrected chi connectivity index (χ2v) is 9.70. The van der Waals surface area contributed by atoms with Gasteiger partial charge in [0.05, 0.1) is 31.2 Å². The molecule has 10 nitrogen and oxygen atoms in total. The Kier molecular flexibility index (Phi) is 6.95. The smallest absolute Gasteiger partial charge is 0.259 e. The molecule has 0 unspecified atom stereocenters. The van der Waals surface area contributed by atoms with Gasteiger partial charge in [0.1, 0.15) is 16.4 Å². The van der Waals surface area contributed by atoms with Gasteiger partial charge in [-0.1, -0.05) is 22.9 Å².